The normalized spacial score (nSPS) is 11.2. The fourth-order valence-electron chi connectivity index (χ4n) is 1.39. The number of nitrogens with one attached hydrogen (secondary N) is 1. The Bertz CT molecular complexity index is 542. The van der Waals surface area contributed by atoms with E-state index in [1.54, 1.807) is 6.07 Å². The highest BCUT2D eigenvalue weighted by atomic mass is 79.9. The van der Waals surface area contributed by atoms with Crippen molar-refractivity contribution in [3.63, 3.8) is 0 Å². The zero-order valence-electron chi connectivity index (χ0n) is 10.1. The number of aromatic nitrogens is 2. The van der Waals surface area contributed by atoms with E-state index in [4.69, 9.17) is 4.42 Å². The van der Waals surface area contributed by atoms with Gasteiger partial charge in [0.1, 0.15) is 5.82 Å². The van der Waals surface area contributed by atoms with Crippen molar-refractivity contribution in [1.29, 1.82) is 0 Å². The van der Waals surface area contributed by atoms with Gasteiger partial charge in [-0.05, 0) is 34.1 Å². The van der Waals surface area contributed by atoms with Crippen LogP contribution in [0.25, 0.3) is 11.5 Å². The van der Waals surface area contributed by atoms with E-state index < -0.39 is 0 Å². The van der Waals surface area contributed by atoms with E-state index in [0.717, 1.165) is 4.47 Å². The van der Waals surface area contributed by atoms with Crippen molar-refractivity contribution in [3.05, 3.63) is 34.4 Å². The first-order valence-corrected chi connectivity index (χ1v) is 6.36. The van der Waals surface area contributed by atoms with Gasteiger partial charge in [-0.3, -0.25) is 0 Å². The monoisotopic (exact) mass is 313 g/mol. The number of nitrogens with zero attached hydrogens (tertiary/aromatic N) is 2. The Labute approximate surface area is 113 Å². The van der Waals surface area contributed by atoms with Gasteiger partial charge in [-0.15, -0.1) is 10.2 Å². The van der Waals surface area contributed by atoms with Crippen LogP contribution in [0.15, 0.2) is 27.1 Å². The SMILES string of the molecule is CC(C)NCc1nnc(-c2cc(F)ccc2Br)o1. The van der Waals surface area contributed by atoms with Crippen molar-refractivity contribution >= 4 is 15.9 Å². The Morgan fingerprint density at radius 2 is 2.17 bits per heavy atom. The molecule has 0 fully saturated rings. The summed E-state index contributed by atoms with van der Waals surface area (Å²) in [5.74, 6) is 0.449. The molecule has 1 heterocycles. The van der Waals surface area contributed by atoms with Crippen molar-refractivity contribution in [2.24, 2.45) is 0 Å². The molecule has 0 saturated heterocycles. The highest BCUT2D eigenvalue weighted by Crippen LogP contribution is 2.27. The molecule has 0 aliphatic carbocycles. The molecule has 0 amide bonds. The maximum absolute atomic E-state index is 13.2. The molecule has 0 aliphatic rings. The van der Waals surface area contributed by atoms with Crippen molar-refractivity contribution in [1.82, 2.24) is 15.5 Å². The second-order valence-electron chi connectivity index (χ2n) is 4.16. The predicted octanol–water partition coefficient (Wildman–Crippen LogP) is 3.14. The third-order valence-corrected chi connectivity index (χ3v) is 2.98. The third-order valence-electron chi connectivity index (χ3n) is 2.29. The quantitative estimate of drug-likeness (QED) is 0.942. The summed E-state index contributed by atoms with van der Waals surface area (Å²) in [6, 6.07) is 4.67. The summed E-state index contributed by atoms with van der Waals surface area (Å²) in [4.78, 5) is 0. The average Bonchev–Trinajstić information content (AvgIpc) is 2.78. The first kappa shape index (κ1) is 13.2. The molecule has 0 atom stereocenters. The summed E-state index contributed by atoms with van der Waals surface area (Å²) >= 11 is 3.33. The van der Waals surface area contributed by atoms with Crippen molar-refractivity contribution in [3.8, 4) is 11.5 Å². The molecule has 0 aliphatic heterocycles. The van der Waals surface area contributed by atoms with Gasteiger partial charge >= 0.3 is 0 Å². The lowest BCUT2D eigenvalue weighted by Gasteiger charge is -2.03. The predicted molar refractivity (Wildman–Crippen MR) is 69.4 cm³/mol. The molecule has 2 aromatic rings. The van der Waals surface area contributed by atoms with E-state index >= 15 is 0 Å². The zero-order chi connectivity index (χ0) is 13.1. The van der Waals surface area contributed by atoms with Crippen molar-refractivity contribution in [2.45, 2.75) is 26.4 Å². The second-order valence-corrected chi connectivity index (χ2v) is 5.02. The fourth-order valence-corrected chi connectivity index (χ4v) is 1.80. The summed E-state index contributed by atoms with van der Waals surface area (Å²) in [6.45, 7) is 4.55. The summed E-state index contributed by atoms with van der Waals surface area (Å²) in [5, 5.41) is 11.0. The molecule has 0 radical (unpaired) electrons. The van der Waals surface area contributed by atoms with Gasteiger partial charge in [0, 0.05) is 10.5 Å². The minimum Gasteiger partial charge on any atom is -0.419 e. The maximum Gasteiger partial charge on any atom is 0.249 e. The Balaban J connectivity index is 2.21. The minimum absolute atomic E-state index is 0.307. The van der Waals surface area contributed by atoms with E-state index in [0.29, 0.717) is 29.9 Å². The first-order chi connectivity index (χ1) is 8.56. The van der Waals surface area contributed by atoms with Gasteiger partial charge in [0.25, 0.3) is 0 Å². The molecule has 1 aromatic carbocycles. The Morgan fingerprint density at radius 1 is 1.39 bits per heavy atom. The van der Waals surface area contributed by atoms with E-state index in [-0.39, 0.29) is 5.82 Å². The van der Waals surface area contributed by atoms with Crippen LogP contribution >= 0.6 is 15.9 Å². The minimum atomic E-state index is -0.340. The Hall–Kier alpha value is -1.27. The van der Waals surface area contributed by atoms with Gasteiger partial charge in [-0.1, -0.05) is 13.8 Å². The van der Waals surface area contributed by atoms with Crippen LogP contribution in [-0.2, 0) is 6.54 Å². The van der Waals surface area contributed by atoms with Gasteiger partial charge in [-0.25, -0.2) is 4.39 Å². The number of hydrogen-bond donors (Lipinski definition) is 1. The van der Waals surface area contributed by atoms with Gasteiger partial charge in [-0.2, -0.15) is 0 Å². The Kier molecular flexibility index (Phi) is 4.08. The van der Waals surface area contributed by atoms with E-state index in [9.17, 15) is 4.39 Å². The number of rotatable bonds is 4. The molecule has 18 heavy (non-hydrogen) atoms. The first-order valence-electron chi connectivity index (χ1n) is 5.57. The van der Waals surface area contributed by atoms with Crippen LogP contribution in [0.1, 0.15) is 19.7 Å². The van der Waals surface area contributed by atoms with Crippen LogP contribution in [0.3, 0.4) is 0 Å². The number of benzene rings is 1. The van der Waals surface area contributed by atoms with Crippen LogP contribution in [0.5, 0.6) is 0 Å². The van der Waals surface area contributed by atoms with Gasteiger partial charge < -0.3 is 9.73 Å². The lowest BCUT2D eigenvalue weighted by Crippen LogP contribution is -2.21. The highest BCUT2D eigenvalue weighted by molar-refractivity contribution is 9.10. The largest absolute Gasteiger partial charge is 0.419 e. The molecule has 6 heteroatoms. The molecule has 2 rings (SSSR count). The molecule has 96 valence electrons. The van der Waals surface area contributed by atoms with Gasteiger partial charge in [0.15, 0.2) is 0 Å². The van der Waals surface area contributed by atoms with Gasteiger partial charge in [0.05, 0.1) is 12.1 Å². The van der Waals surface area contributed by atoms with Crippen LogP contribution in [0.4, 0.5) is 4.39 Å². The average molecular weight is 314 g/mol. The van der Waals surface area contributed by atoms with Crippen molar-refractivity contribution in [2.75, 3.05) is 0 Å². The molecule has 0 bridgehead atoms. The standard InChI is InChI=1S/C12H13BrFN3O/c1-7(2)15-6-11-16-17-12(18-11)9-5-8(14)3-4-10(9)13/h3-5,7,15H,6H2,1-2H3. The summed E-state index contributed by atoms with van der Waals surface area (Å²) in [5.41, 5.74) is 0.554. The molecule has 0 saturated carbocycles. The van der Waals surface area contributed by atoms with Crippen LogP contribution in [0.2, 0.25) is 0 Å². The third kappa shape index (κ3) is 3.14. The fraction of sp³-hybridized carbons (Fsp3) is 0.333. The summed E-state index contributed by atoms with van der Waals surface area (Å²) in [7, 11) is 0. The van der Waals surface area contributed by atoms with E-state index in [1.807, 2.05) is 13.8 Å². The van der Waals surface area contributed by atoms with Crippen molar-refractivity contribution < 1.29 is 8.81 Å². The Morgan fingerprint density at radius 3 is 2.89 bits per heavy atom. The lowest BCUT2D eigenvalue weighted by molar-refractivity contribution is 0.458. The highest BCUT2D eigenvalue weighted by Gasteiger charge is 2.12. The number of halogens is 2. The molecular weight excluding hydrogens is 301 g/mol. The van der Waals surface area contributed by atoms with Crippen LogP contribution < -0.4 is 5.32 Å². The molecule has 1 N–H and O–H groups in total. The van der Waals surface area contributed by atoms with Crippen LogP contribution in [-0.4, -0.2) is 16.2 Å². The zero-order valence-corrected chi connectivity index (χ0v) is 11.7. The molecule has 0 spiro atoms. The summed E-state index contributed by atoms with van der Waals surface area (Å²) in [6.07, 6.45) is 0. The summed E-state index contributed by atoms with van der Waals surface area (Å²) < 4.78 is 19.4. The lowest BCUT2D eigenvalue weighted by atomic mass is 10.2. The molecular formula is C12H13BrFN3O. The molecule has 4 nitrogen and oxygen atoms in total. The van der Waals surface area contributed by atoms with Crippen LogP contribution in [0, 0.1) is 5.82 Å². The maximum atomic E-state index is 13.2. The number of hydrogen-bond acceptors (Lipinski definition) is 4. The van der Waals surface area contributed by atoms with Gasteiger partial charge in [0.2, 0.25) is 11.8 Å². The smallest absolute Gasteiger partial charge is 0.249 e. The van der Waals surface area contributed by atoms with E-state index in [1.165, 1.54) is 12.1 Å². The second kappa shape index (κ2) is 5.58. The van der Waals surface area contributed by atoms with E-state index in [2.05, 4.69) is 31.4 Å². The molecule has 1 aromatic heterocycles. The topological polar surface area (TPSA) is 51.0 Å². The molecule has 0 unspecified atom stereocenters.